The molecule has 1 aromatic carbocycles. The van der Waals surface area contributed by atoms with Crippen LogP contribution < -0.4 is 10.6 Å². The zero-order valence-corrected chi connectivity index (χ0v) is 13.4. The molecule has 1 aromatic heterocycles. The maximum Gasteiger partial charge on any atom is 0.234 e. The zero-order chi connectivity index (χ0) is 15.1. The van der Waals surface area contributed by atoms with E-state index in [1.54, 1.807) is 13.3 Å². The fraction of sp³-hybridized carbons (Fsp3) is 0.333. The molecule has 0 atom stereocenters. The SMILES string of the molecule is COCCNC(=O)CNCc1ccc(Br)c2cccnc12. The number of rotatable bonds is 7. The number of methoxy groups -OCH3 is 1. The average molecular weight is 352 g/mol. The third kappa shape index (κ3) is 4.49. The van der Waals surface area contributed by atoms with Crippen molar-refractivity contribution in [1.82, 2.24) is 15.6 Å². The number of hydrogen-bond acceptors (Lipinski definition) is 4. The summed E-state index contributed by atoms with van der Waals surface area (Å²) in [5.74, 6) is -0.0403. The summed E-state index contributed by atoms with van der Waals surface area (Å²) >= 11 is 3.52. The molecular weight excluding hydrogens is 334 g/mol. The van der Waals surface area contributed by atoms with Gasteiger partial charge in [0.05, 0.1) is 18.7 Å². The van der Waals surface area contributed by atoms with E-state index in [1.807, 2.05) is 24.3 Å². The quantitative estimate of drug-likeness (QED) is 0.747. The molecule has 0 fully saturated rings. The van der Waals surface area contributed by atoms with Crippen LogP contribution in [0, 0.1) is 0 Å². The van der Waals surface area contributed by atoms with Crippen LogP contribution in [0.2, 0.25) is 0 Å². The van der Waals surface area contributed by atoms with E-state index in [0.717, 1.165) is 20.9 Å². The highest BCUT2D eigenvalue weighted by atomic mass is 79.9. The molecule has 2 rings (SSSR count). The number of ether oxygens (including phenoxy) is 1. The van der Waals surface area contributed by atoms with Crippen molar-refractivity contribution in [3.8, 4) is 0 Å². The van der Waals surface area contributed by atoms with Crippen molar-refractivity contribution in [2.75, 3.05) is 26.8 Å². The highest BCUT2D eigenvalue weighted by Gasteiger charge is 2.06. The van der Waals surface area contributed by atoms with Crippen LogP contribution in [-0.2, 0) is 16.1 Å². The van der Waals surface area contributed by atoms with Gasteiger partial charge >= 0.3 is 0 Å². The Morgan fingerprint density at radius 3 is 3.05 bits per heavy atom. The summed E-state index contributed by atoms with van der Waals surface area (Å²) in [5.41, 5.74) is 2.01. The highest BCUT2D eigenvalue weighted by Crippen LogP contribution is 2.24. The minimum absolute atomic E-state index is 0.0403. The van der Waals surface area contributed by atoms with Crippen LogP contribution in [0.4, 0.5) is 0 Å². The molecule has 0 saturated heterocycles. The van der Waals surface area contributed by atoms with E-state index in [0.29, 0.717) is 19.7 Å². The van der Waals surface area contributed by atoms with Gasteiger partial charge in [-0.15, -0.1) is 0 Å². The molecule has 0 aliphatic heterocycles. The number of fused-ring (bicyclic) bond motifs is 1. The van der Waals surface area contributed by atoms with Crippen molar-refractivity contribution in [2.45, 2.75) is 6.54 Å². The monoisotopic (exact) mass is 351 g/mol. The number of nitrogens with zero attached hydrogens (tertiary/aromatic N) is 1. The van der Waals surface area contributed by atoms with Gasteiger partial charge in [-0.2, -0.15) is 0 Å². The number of carbonyl (C=O) groups excluding carboxylic acids is 1. The molecule has 2 aromatic rings. The van der Waals surface area contributed by atoms with Crippen LogP contribution in [-0.4, -0.2) is 37.7 Å². The lowest BCUT2D eigenvalue weighted by Gasteiger charge is -2.09. The van der Waals surface area contributed by atoms with Crippen molar-refractivity contribution >= 4 is 32.7 Å². The molecule has 5 nitrogen and oxygen atoms in total. The topological polar surface area (TPSA) is 63.2 Å². The number of carbonyl (C=O) groups is 1. The lowest BCUT2D eigenvalue weighted by atomic mass is 10.1. The fourth-order valence-corrected chi connectivity index (χ4v) is 2.46. The maximum atomic E-state index is 11.6. The molecule has 21 heavy (non-hydrogen) atoms. The van der Waals surface area contributed by atoms with Gasteiger partial charge in [0.25, 0.3) is 0 Å². The Labute approximate surface area is 132 Å². The van der Waals surface area contributed by atoms with Gasteiger partial charge in [0, 0.05) is 36.3 Å². The van der Waals surface area contributed by atoms with Gasteiger partial charge in [0.1, 0.15) is 0 Å². The molecule has 112 valence electrons. The first-order chi connectivity index (χ1) is 10.2. The predicted molar refractivity (Wildman–Crippen MR) is 86.0 cm³/mol. The molecule has 1 heterocycles. The van der Waals surface area contributed by atoms with Crippen LogP contribution in [0.25, 0.3) is 10.9 Å². The molecule has 1 amide bonds. The smallest absolute Gasteiger partial charge is 0.234 e. The van der Waals surface area contributed by atoms with Crippen LogP contribution in [0.5, 0.6) is 0 Å². The predicted octanol–water partition coefficient (Wildman–Crippen LogP) is 1.85. The van der Waals surface area contributed by atoms with Crippen LogP contribution >= 0.6 is 15.9 Å². The first-order valence-corrected chi connectivity index (χ1v) is 7.50. The summed E-state index contributed by atoms with van der Waals surface area (Å²) in [6.45, 7) is 1.92. The average Bonchev–Trinajstić information content (AvgIpc) is 2.50. The summed E-state index contributed by atoms with van der Waals surface area (Å²) in [5, 5.41) is 6.97. The summed E-state index contributed by atoms with van der Waals surface area (Å²) in [4.78, 5) is 16.0. The zero-order valence-electron chi connectivity index (χ0n) is 11.9. The number of amides is 1. The Morgan fingerprint density at radius 2 is 2.24 bits per heavy atom. The van der Waals surface area contributed by atoms with Crippen molar-refractivity contribution in [3.05, 3.63) is 40.5 Å². The van der Waals surface area contributed by atoms with Crippen LogP contribution in [0.1, 0.15) is 5.56 Å². The number of nitrogens with one attached hydrogen (secondary N) is 2. The van der Waals surface area contributed by atoms with E-state index in [2.05, 4.69) is 31.5 Å². The Hall–Kier alpha value is -1.50. The number of halogens is 1. The highest BCUT2D eigenvalue weighted by molar-refractivity contribution is 9.10. The summed E-state index contributed by atoms with van der Waals surface area (Å²) in [6.07, 6.45) is 1.77. The Morgan fingerprint density at radius 1 is 1.38 bits per heavy atom. The molecular formula is C15H18BrN3O2. The van der Waals surface area contributed by atoms with E-state index < -0.39 is 0 Å². The molecule has 0 aliphatic rings. The minimum atomic E-state index is -0.0403. The van der Waals surface area contributed by atoms with Crippen LogP contribution in [0.15, 0.2) is 34.9 Å². The van der Waals surface area contributed by atoms with Gasteiger partial charge < -0.3 is 15.4 Å². The third-order valence-electron chi connectivity index (χ3n) is 3.03. The Balaban J connectivity index is 1.92. The molecule has 0 spiro atoms. The van der Waals surface area contributed by atoms with Gasteiger partial charge in [-0.25, -0.2) is 0 Å². The molecule has 0 radical (unpaired) electrons. The summed E-state index contributed by atoms with van der Waals surface area (Å²) in [6, 6.07) is 7.94. The third-order valence-corrected chi connectivity index (χ3v) is 3.72. The van der Waals surface area contributed by atoms with Gasteiger partial charge in [0.15, 0.2) is 0 Å². The second-order valence-electron chi connectivity index (χ2n) is 4.55. The summed E-state index contributed by atoms with van der Waals surface area (Å²) in [7, 11) is 1.61. The number of hydrogen-bond donors (Lipinski definition) is 2. The molecule has 6 heteroatoms. The van der Waals surface area contributed by atoms with Gasteiger partial charge in [-0.1, -0.05) is 28.1 Å². The standard InChI is InChI=1S/C15H18BrN3O2/c1-21-8-7-18-14(20)10-17-9-11-4-5-13(16)12-3-2-6-19-15(11)12/h2-6,17H,7-10H2,1H3,(H,18,20). The van der Waals surface area contributed by atoms with E-state index >= 15 is 0 Å². The fourth-order valence-electron chi connectivity index (χ4n) is 2.00. The van der Waals surface area contributed by atoms with E-state index in [4.69, 9.17) is 4.74 Å². The Kier molecular flexibility index (Phi) is 6.10. The Bertz CT molecular complexity index is 619. The van der Waals surface area contributed by atoms with E-state index in [-0.39, 0.29) is 12.5 Å². The van der Waals surface area contributed by atoms with Crippen molar-refractivity contribution in [3.63, 3.8) is 0 Å². The van der Waals surface area contributed by atoms with Crippen molar-refractivity contribution in [2.24, 2.45) is 0 Å². The van der Waals surface area contributed by atoms with Crippen molar-refractivity contribution in [1.29, 1.82) is 0 Å². The largest absolute Gasteiger partial charge is 0.383 e. The van der Waals surface area contributed by atoms with Gasteiger partial charge in [-0.3, -0.25) is 9.78 Å². The number of benzene rings is 1. The first-order valence-electron chi connectivity index (χ1n) is 6.71. The molecule has 2 N–H and O–H groups in total. The molecule has 0 saturated carbocycles. The van der Waals surface area contributed by atoms with E-state index in [1.165, 1.54) is 0 Å². The lowest BCUT2D eigenvalue weighted by molar-refractivity contribution is -0.120. The van der Waals surface area contributed by atoms with Gasteiger partial charge in [0.2, 0.25) is 5.91 Å². The molecule has 0 unspecified atom stereocenters. The molecule has 0 bridgehead atoms. The normalized spacial score (nSPS) is 10.8. The maximum absolute atomic E-state index is 11.6. The van der Waals surface area contributed by atoms with Gasteiger partial charge in [-0.05, 0) is 17.7 Å². The van der Waals surface area contributed by atoms with Crippen LogP contribution in [0.3, 0.4) is 0 Å². The first kappa shape index (κ1) is 15.9. The number of pyridine rings is 1. The lowest BCUT2D eigenvalue weighted by Crippen LogP contribution is -2.35. The second-order valence-corrected chi connectivity index (χ2v) is 5.41. The molecule has 0 aliphatic carbocycles. The number of aromatic nitrogens is 1. The summed E-state index contributed by atoms with van der Waals surface area (Å²) < 4.78 is 5.90. The van der Waals surface area contributed by atoms with Crippen molar-refractivity contribution < 1.29 is 9.53 Å². The van der Waals surface area contributed by atoms with E-state index in [9.17, 15) is 4.79 Å². The second kappa shape index (κ2) is 8.07. The minimum Gasteiger partial charge on any atom is -0.383 e.